The van der Waals surface area contributed by atoms with E-state index in [1.807, 2.05) is 60.7 Å². The Hall–Kier alpha value is -5.22. The summed E-state index contributed by atoms with van der Waals surface area (Å²) >= 11 is 1.23. The predicted octanol–water partition coefficient (Wildman–Crippen LogP) is 6.15. The van der Waals surface area contributed by atoms with Crippen LogP contribution in [0.2, 0.25) is 0 Å². The van der Waals surface area contributed by atoms with E-state index < -0.39 is 19.9 Å². The molecule has 1 aliphatic heterocycles. The number of hydrogen-bond acceptors (Lipinski definition) is 11. The highest BCUT2D eigenvalue weighted by atomic mass is 32.2. The molecular formula is C33H29N7O6S2. The van der Waals surface area contributed by atoms with E-state index >= 15 is 0 Å². The topological polar surface area (TPSA) is 164 Å². The van der Waals surface area contributed by atoms with Crippen molar-refractivity contribution in [3.63, 3.8) is 0 Å². The molecule has 0 amide bonds. The summed E-state index contributed by atoms with van der Waals surface area (Å²) in [6, 6.07) is 27.4. The summed E-state index contributed by atoms with van der Waals surface area (Å²) in [5, 5.41) is 28.6. The highest BCUT2D eigenvalue weighted by Gasteiger charge is 2.32. The molecule has 1 aliphatic rings. The summed E-state index contributed by atoms with van der Waals surface area (Å²) in [7, 11) is -4.14. The van der Waals surface area contributed by atoms with Gasteiger partial charge in [-0.15, -0.1) is 0 Å². The number of nitro groups is 2. The number of hydrogen-bond donors (Lipinski definition) is 1. The fourth-order valence-corrected chi connectivity index (χ4v) is 7.94. The van der Waals surface area contributed by atoms with Gasteiger partial charge in [-0.25, -0.2) is 8.42 Å². The van der Waals surface area contributed by atoms with Crippen LogP contribution in [0.15, 0.2) is 123 Å². The molecule has 0 atom stereocenters. The first-order valence-corrected chi connectivity index (χ1v) is 17.1. The molecule has 0 unspecified atom stereocenters. The maximum atomic E-state index is 13.8. The van der Waals surface area contributed by atoms with Gasteiger partial charge in [0, 0.05) is 73.0 Å². The summed E-state index contributed by atoms with van der Waals surface area (Å²) in [5.74, 6) is 0. The van der Waals surface area contributed by atoms with Crippen LogP contribution in [0.25, 0.3) is 10.9 Å². The maximum absolute atomic E-state index is 13.8. The summed E-state index contributed by atoms with van der Waals surface area (Å²) < 4.78 is 28.9. The molecule has 0 aliphatic carbocycles. The van der Waals surface area contributed by atoms with Gasteiger partial charge >= 0.3 is 0 Å². The number of anilines is 1. The molecule has 48 heavy (non-hydrogen) atoms. The van der Waals surface area contributed by atoms with Gasteiger partial charge in [-0.05, 0) is 29.8 Å². The normalized spacial score (nSPS) is 14.3. The molecule has 5 aromatic rings. The molecule has 15 heteroatoms. The van der Waals surface area contributed by atoms with Crippen molar-refractivity contribution in [1.29, 1.82) is 0 Å². The third-order valence-electron chi connectivity index (χ3n) is 7.77. The molecule has 244 valence electrons. The van der Waals surface area contributed by atoms with Crippen LogP contribution in [0.3, 0.4) is 0 Å². The molecule has 6 rings (SSSR count). The van der Waals surface area contributed by atoms with E-state index in [9.17, 15) is 28.6 Å². The summed E-state index contributed by atoms with van der Waals surface area (Å²) in [6.45, 7) is 2.10. The molecular weight excluding hydrogens is 655 g/mol. The van der Waals surface area contributed by atoms with Gasteiger partial charge in [0.1, 0.15) is 4.90 Å². The van der Waals surface area contributed by atoms with E-state index in [2.05, 4.69) is 20.4 Å². The Morgan fingerprint density at radius 2 is 1.62 bits per heavy atom. The Kier molecular flexibility index (Phi) is 9.72. The minimum Gasteiger partial charge on any atom is -0.296 e. The number of para-hydroxylation sites is 1. The molecule has 13 nitrogen and oxygen atoms in total. The minimum absolute atomic E-state index is 0.0358. The number of aromatic nitrogens is 1. The lowest BCUT2D eigenvalue weighted by Crippen LogP contribution is -2.48. The summed E-state index contributed by atoms with van der Waals surface area (Å²) in [4.78, 5) is 29.9. The van der Waals surface area contributed by atoms with Crippen LogP contribution >= 0.6 is 11.8 Å². The Labute approximate surface area is 280 Å². The summed E-state index contributed by atoms with van der Waals surface area (Å²) in [5.41, 5.74) is 4.45. The van der Waals surface area contributed by atoms with Gasteiger partial charge in [0.2, 0.25) is 10.0 Å². The number of rotatable bonds is 11. The van der Waals surface area contributed by atoms with Crippen LogP contribution in [0.1, 0.15) is 11.1 Å². The molecule has 2 heterocycles. The Morgan fingerprint density at radius 1 is 0.854 bits per heavy atom. The van der Waals surface area contributed by atoms with Crippen molar-refractivity contribution in [3.8, 4) is 0 Å². The van der Waals surface area contributed by atoms with Crippen LogP contribution < -0.4 is 5.43 Å². The fourth-order valence-electron chi connectivity index (χ4n) is 5.34. The standard InChI is InChI=1S/C33H29N7O6S2/c41-39(42)27-12-13-28(32(21-27)48(45,46)38-18-16-37(17-19-38)23-24-6-2-1-3-7-24)36-35-22-25-11-14-30(29(20-25)40(43)44)47-31-10-4-8-26-9-5-15-34-33(26)31/h1-15,20-22,36H,16-19,23H2/b35-22-. The van der Waals surface area contributed by atoms with Crippen molar-refractivity contribution in [3.05, 3.63) is 135 Å². The van der Waals surface area contributed by atoms with Crippen molar-refractivity contribution in [2.24, 2.45) is 5.10 Å². The van der Waals surface area contributed by atoms with Crippen molar-refractivity contribution < 1.29 is 18.3 Å². The molecule has 0 bridgehead atoms. The van der Waals surface area contributed by atoms with Crippen LogP contribution in [0, 0.1) is 20.2 Å². The quantitative estimate of drug-likeness (QED) is 0.0969. The van der Waals surface area contributed by atoms with Crippen LogP contribution in [0.4, 0.5) is 17.1 Å². The van der Waals surface area contributed by atoms with Gasteiger partial charge < -0.3 is 0 Å². The van der Waals surface area contributed by atoms with Crippen LogP contribution in [-0.2, 0) is 16.6 Å². The second-order valence-corrected chi connectivity index (χ2v) is 13.9. The van der Waals surface area contributed by atoms with Gasteiger partial charge in [0.25, 0.3) is 11.4 Å². The third-order valence-corrected chi connectivity index (χ3v) is 10.8. The number of sulfonamides is 1. The van der Waals surface area contributed by atoms with Crippen molar-refractivity contribution in [1.82, 2.24) is 14.2 Å². The molecule has 1 aromatic heterocycles. The first-order valence-electron chi connectivity index (χ1n) is 14.8. The van der Waals surface area contributed by atoms with E-state index in [0.29, 0.717) is 30.1 Å². The van der Waals surface area contributed by atoms with E-state index in [1.165, 1.54) is 40.5 Å². The largest absolute Gasteiger partial charge is 0.296 e. The number of pyridine rings is 1. The van der Waals surface area contributed by atoms with Crippen molar-refractivity contribution >= 4 is 56.0 Å². The Morgan fingerprint density at radius 3 is 2.38 bits per heavy atom. The Balaban J connectivity index is 1.20. The number of fused-ring (bicyclic) bond motifs is 1. The molecule has 4 aromatic carbocycles. The van der Waals surface area contributed by atoms with E-state index in [4.69, 9.17) is 0 Å². The zero-order chi connectivity index (χ0) is 33.7. The lowest BCUT2D eigenvalue weighted by atomic mass is 10.2. The third kappa shape index (κ3) is 7.34. The van der Waals surface area contributed by atoms with Crippen molar-refractivity contribution in [2.75, 3.05) is 31.6 Å². The van der Waals surface area contributed by atoms with Crippen LogP contribution in [-0.4, -0.2) is 64.8 Å². The molecule has 1 N–H and O–H groups in total. The number of non-ortho nitro benzene ring substituents is 1. The zero-order valence-electron chi connectivity index (χ0n) is 25.4. The zero-order valence-corrected chi connectivity index (χ0v) is 27.0. The monoisotopic (exact) mass is 683 g/mol. The van der Waals surface area contributed by atoms with Gasteiger partial charge in [-0.1, -0.05) is 66.4 Å². The van der Waals surface area contributed by atoms with E-state index in [0.717, 1.165) is 27.4 Å². The fraction of sp³-hybridized carbons (Fsp3) is 0.152. The van der Waals surface area contributed by atoms with Gasteiger partial charge in [0.05, 0.1) is 32.2 Å². The first-order chi connectivity index (χ1) is 23.2. The molecule has 1 saturated heterocycles. The number of nitrogens with zero attached hydrogens (tertiary/aromatic N) is 6. The first kappa shape index (κ1) is 32.7. The second kappa shape index (κ2) is 14.3. The average Bonchev–Trinajstić information content (AvgIpc) is 3.09. The Bertz CT molecular complexity index is 2120. The van der Waals surface area contributed by atoms with Gasteiger partial charge in [-0.2, -0.15) is 9.41 Å². The minimum atomic E-state index is -4.14. The van der Waals surface area contributed by atoms with Crippen LogP contribution in [0.5, 0.6) is 0 Å². The smallest absolute Gasteiger partial charge is 0.283 e. The number of nitro benzene ring substituents is 2. The molecule has 1 fully saturated rings. The predicted molar refractivity (Wildman–Crippen MR) is 184 cm³/mol. The molecule has 0 radical (unpaired) electrons. The number of nitrogens with one attached hydrogen (secondary N) is 1. The van der Waals surface area contributed by atoms with E-state index in [-0.39, 0.29) is 35.0 Å². The number of hydrazone groups is 1. The van der Waals surface area contributed by atoms with Crippen molar-refractivity contribution in [2.45, 2.75) is 21.2 Å². The lowest BCUT2D eigenvalue weighted by Gasteiger charge is -2.34. The SMILES string of the molecule is O=[N+]([O-])c1ccc(N/N=C\c2ccc(Sc3cccc4cccnc34)c([N+](=O)[O-])c2)c(S(=O)(=O)N2CCN(Cc3ccccc3)CC2)c1. The van der Waals surface area contributed by atoms with E-state index in [1.54, 1.807) is 18.3 Å². The highest BCUT2D eigenvalue weighted by Crippen LogP contribution is 2.38. The number of piperazine rings is 1. The molecule has 0 saturated carbocycles. The second-order valence-electron chi connectivity index (χ2n) is 10.9. The molecule has 0 spiro atoms. The number of benzene rings is 4. The highest BCUT2D eigenvalue weighted by molar-refractivity contribution is 7.99. The average molecular weight is 684 g/mol. The van der Waals surface area contributed by atoms with Gasteiger partial charge in [-0.3, -0.25) is 35.5 Å². The maximum Gasteiger partial charge on any atom is 0.283 e. The lowest BCUT2D eigenvalue weighted by molar-refractivity contribution is -0.387. The van der Waals surface area contributed by atoms with Gasteiger partial charge in [0.15, 0.2) is 0 Å². The summed E-state index contributed by atoms with van der Waals surface area (Å²) in [6.07, 6.45) is 2.99.